The molecule has 0 bridgehead atoms. The Labute approximate surface area is 204 Å². The first-order valence-electron chi connectivity index (χ1n) is 10.7. The molecule has 4 atom stereocenters. The second-order valence-corrected chi connectivity index (χ2v) is 7.69. The van der Waals surface area contributed by atoms with E-state index in [2.05, 4.69) is 10.4 Å². The molecule has 1 aromatic heterocycles. The van der Waals surface area contributed by atoms with Gasteiger partial charge in [-0.1, -0.05) is 12.1 Å². The fraction of sp³-hybridized carbons (Fsp3) is 0.455. The van der Waals surface area contributed by atoms with Crippen LogP contribution in [0.25, 0.3) is 10.9 Å². The molecule has 14 nitrogen and oxygen atoms in total. The van der Waals surface area contributed by atoms with Crippen molar-refractivity contribution in [2.24, 2.45) is 0 Å². The number of benzene rings is 1. The van der Waals surface area contributed by atoms with Crippen molar-refractivity contribution in [1.82, 2.24) is 9.66 Å². The average molecular weight is 509 g/mol. The minimum Gasteiger partial charge on any atom is -0.481 e. The van der Waals surface area contributed by atoms with E-state index >= 15 is 0 Å². The van der Waals surface area contributed by atoms with E-state index < -0.39 is 59.7 Å². The van der Waals surface area contributed by atoms with Gasteiger partial charge in [-0.25, -0.2) is 4.79 Å². The van der Waals surface area contributed by atoms with E-state index in [1.54, 1.807) is 24.3 Å². The van der Waals surface area contributed by atoms with Crippen molar-refractivity contribution in [3.8, 4) is 0 Å². The number of H-pyrrole nitrogens is 1. The summed E-state index contributed by atoms with van der Waals surface area (Å²) in [5.41, 5.74) is 1.69. The minimum atomic E-state index is -1.07. The number of hydrogen-bond donors (Lipinski definition) is 3. The number of para-hydroxylation sites is 1. The van der Waals surface area contributed by atoms with Crippen molar-refractivity contribution in [2.75, 3.05) is 12.0 Å². The number of carbonyl (C=O) groups excluding carboxylic acids is 3. The van der Waals surface area contributed by atoms with E-state index in [1.165, 1.54) is 20.8 Å². The van der Waals surface area contributed by atoms with Crippen molar-refractivity contribution < 1.29 is 43.2 Å². The molecule has 0 radical (unpaired) electrons. The Bertz CT molecular complexity index is 1230. The number of esters is 3. The molecule has 1 aliphatic heterocycles. The molecule has 0 saturated carbocycles. The minimum absolute atomic E-state index is 0.0627. The summed E-state index contributed by atoms with van der Waals surface area (Å²) in [6, 6.07) is 6.47. The van der Waals surface area contributed by atoms with Crippen LogP contribution in [0, 0.1) is 0 Å². The Morgan fingerprint density at radius 3 is 2.25 bits per heavy atom. The van der Waals surface area contributed by atoms with Crippen molar-refractivity contribution in [1.29, 1.82) is 0 Å². The summed E-state index contributed by atoms with van der Waals surface area (Å²) in [7, 11) is 0. The highest BCUT2D eigenvalue weighted by Gasteiger charge is 2.44. The smallest absolute Gasteiger partial charge is 0.347 e. The number of aromatic nitrogens is 2. The van der Waals surface area contributed by atoms with E-state index in [0.29, 0.717) is 5.52 Å². The predicted octanol–water partition coefficient (Wildman–Crippen LogP) is -0.134. The van der Waals surface area contributed by atoms with Crippen molar-refractivity contribution in [3.63, 3.8) is 0 Å². The van der Waals surface area contributed by atoms with Crippen molar-refractivity contribution >= 4 is 34.8 Å². The summed E-state index contributed by atoms with van der Waals surface area (Å²) < 4.78 is 22.1. The lowest BCUT2D eigenvalue weighted by atomic mass is 10.0. The molecule has 14 heteroatoms. The second kappa shape index (κ2) is 12.5. The first-order valence-corrected chi connectivity index (χ1v) is 10.7. The third-order valence-electron chi connectivity index (χ3n) is 4.67. The maximum Gasteiger partial charge on any atom is 0.347 e. The standard InChI is InChI=1S/C20H23N3O9.C2H4O2/c1-10(24)29-9-16-18(31-12(3)26)15(30-11(2)25)8-17(32-16)22-23-19(27)13-6-4-5-7-14(13)21-20(23)28;1-2(3)4/h4-7,15-18,22H,8-9H2,1-3H3,(H,21,28);1H3,(H,3,4). The third kappa shape index (κ3) is 7.94. The van der Waals surface area contributed by atoms with Gasteiger partial charge in [0.15, 0.2) is 6.10 Å². The lowest BCUT2D eigenvalue weighted by Crippen LogP contribution is -2.58. The van der Waals surface area contributed by atoms with E-state index in [1.807, 2.05) is 0 Å². The molecule has 4 unspecified atom stereocenters. The van der Waals surface area contributed by atoms with Crippen molar-refractivity contribution in [2.45, 2.75) is 58.7 Å². The maximum atomic E-state index is 12.8. The van der Waals surface area contributed by atoms with E-state index in [4.69, 9.17) is 28.8 Å². The lowest BCUT2D eigenvalue weighted by Gasteiger charge is -2.40. The van der Waals surface area contributed by atoms with Gasteiger partial charge < -0.3 is 29.0 Å². The van der Waals surface area contributed by atoms with Crippen LogP contribution in [-0.2, 0) is 38.1 Å². The summed E-state index contributed by atoms with van der Waals surface area (Å²) >= 11 is 0. The van der Waals surface area contributed by atoms with Gasteiger partial charge in [0.25, 0.3) is 11.5 Å². The summed E-state index contributed by atoms with van der Waals surface area (Å²) in [5, 5.41) is 7.68. The Balaban J connectivity index is 0.00000106. The third-order valence-corrected chi connectivity index (χ3v) is 4.67. The van der Waals surface area contributed by atoms with Crippen LogP contribution >= 0.6 is 0 Å². The number of rotatable bonds is 6. The number of aliphatic carboxylic acids is 1. The van der Waals surface area contributed by atoms with Gasteiger partial charge >= 0.3 is 23.6 Å². The fourth-order valence-electron chi connectivity index (χ4n) is 3.44. The number of hydrogen-bond acceptors (Lipinski definition) is 11. The molecule has 1 fully saturated rings. The summed E-state index contributed by atoms with van der Waals surface area (Å²) in [6.07, 6.45) is -4.17. The van der Waals surface area contributed by atoms with Gasteiger partial charge in [-0.05, 0) is 12.1 Å². The number of carbonyl (C=O) groups is 4. The van der Waals surface area contributed by atoms with Gasteiger partial charge in [0.05, 0.1) is 10.9 Å². The molecule has 196 valence electrons. The molecule has 3 rings (SSSR count). The first kappa shape index (κ1) is 28.0. The highest BCUT2D eigenvalue weighted by atomic mass is 16.6. The highest BCUT2D eigenvalue weighted by molar-refractivity contribution is 5.77. The highest BCUT2D eigenvalue weighted by Crippen LogP contribution is 2.25. The number of fused-ring (bicyclic) bond motifs is 1. The number of carboxylic acid groups (broad SMARTS) is 1. The topological polar surface area (TPSA) is 192 Å². The monoisotopic (exact) mass is 509 g/mol. The van der Waals surface area contributed by atoms with Crippen LogP contribution in [0.15, 0.2) is 33.9 Å². The molecule has 1 aromatic carbocycles. The molecule has 2 aromatic rings. The van der Waals surface area contributed by atoms with Gasteiger partial charge in [-0.2, -0.15) is 4.68 Å². The normalized spacial score (nSPS) is 20.9. The van der Waals surface area contributed by atoms with Crippen LogP contribution in [0.4, 0.5) is 0 Å². The van der Waals surface area contributed by atoms with Crippen LogP contribution in [-0.4, -0.2) is 69.8 Å². The van der Waals surface area contributed by atoms with Crippen molar-refractivity contribution in [3.05, 3.63) is 45.1 Å². The van der Waals surface area contributed by atoms with Crippen LogP contribution in [0.2, 0.25) is 0 Å². The zero-order chi connectivity index (χ0) is 27.0. The molecule has 2 heterocycles. The van der Waals surface area contributed by atoms with Gasteiger partial charge in [0.2, 0.25) is 0 Å². The molecule has 0 amide bonds. The fourth-order valence-corrected chi connectivity index (χ4v) is 3.44. The molecule has 0 spiro atoms. The Hall–Kier alpha value is -4.20. The van der Waals surface area contributed by atoms with E-state index in [0.717, 1.165) is 11.6 Å². The molecule has 3 N–H and O–H groups in total. The largest absolute Gasteiger partial charge is 0.481 e. The Morgan fingerprint density at radius 2 is 1.67 bits per heavy atom. The quantitative estimate of drug-likeness (QED) is 0.345. The van der Waals surface area contributed by atoms with E-state index in [9.17, 15) is 24.0 Å². The van der Waals surface area contributed by atoms with Crippen LogP contribution in [0.1, 0.15) is 34.1 Å². The van der Waals surface area contributed by atoms with Gasteiger partial charge in [-0.3, -0.25) is 29.4 Å². The number of aromatic amines is 1. The number of carboxylic acids is 1. The first-order chi connectivity index (χ1) is 16.9. The number of nitrogens with one attached hydrogen (secondary N) is 2. The molecule has 1 saturated heterocycles. The number of nitrogens with zero attached hydrogens (tertiary/aromatic N) is 1. The van der Waals surface area contributed by atoms with Crippen LogP contribution in [0.5, 0.6) is 0 Å². The van der Waals surface area contributed by atoms with Crippen LogP contribution < -0.4 is 16.7 Å². The zero-order valence-corrected chi connectivity index (χ0v) is 20.0. The molecular formula is C22H27N3O11. The summed E-state index contributed by atoms with van der Waals surface area (Å²) in [6.45, 7) is 4.32. The molecule has 1 aliphatic rings. The van der Waals surface area contributed by atoms with E-state index in [-0.39, 0.29) is 18.4 Å². The molecular weight excluding hydrogens is 482 g/mol. The predicted molar refractivity (Wildman–Crippen MR) is 123 cm³/mol. The molecule has 36 heavy (non-hydrogen) atoms. The summed E-state index contributed by atoms with van der Waals surface area (Å²) in [5.74, 6) is -2.73. The lowest BCUT2D eigenvalue weighted by molar-refractivity contribution is -0.212. The second-order valence-electron chi connectivity index (χ2n) is 7.69. The zero-order valence-electron chi connectivity index (χ0n) is 20.0. The summed E-state index contributed by atoms with van der Waals surface area (Å²) in [4.78, 5) is 71.3. The number of ether oxygens (including phenoxy) is 4. The molecule has 0 aliphatic carbocycles. The van der Waals surface area contributed by atoms with Gasteiger partial charge in [0.1, 0.15) is 25.0 Å². The SMILES string of the molecule is CC(=O)O.CC(=O)OCC1OC(Nn2c(=O)[nH]c3ccccc3c2=O)CC(OC(C)=O)C1OC(C)=O. The Kier molecular flexibility index (Phi) is 9.73. The Morgan fingerprint density at radius 1 is 1.06 bits per heavy atom. The van der Waals surface area contributed by atoms with Gasteiger partial charge in [-0.15, -0.1) is 0 Å². The van der Waals surface area contributed by atoms with Crippen LogP contribution in [0.3, 0.4) is 0 Å². The average Bonchev–Trinajstić information content (AvgIpc) is 2.76. The maximum absolute atomic E-state index is 12.8. The van der Waals surface area contributed by atoms with Gasteiger partial charge in [0, 0.05) is 34.1 Å².